The molecule has 1 fully saturated rings. The van der Waals surface area contributed by atoms with Crippen LogP contribution in [0, 0.1) is 5.92 Å². The van der Waals surface area contributed by atoms with Crippen LogP contribution in [-0.4, -0.2) is 6.04 Å². The highest BCUT2D eigenvalue weighted by molar-refractivity contribution is 7.09. The highest BCUT2D eigenvalue weighted by atomic mass is 32.1. The first-order valence-electron chi connectivity index (χ1n) is 6.62. The van der Waals surface area contributed by atoms with Gasteiger partial charge in [0.1, 0.15) is 0 Å². The zero-order valence-electron chi connectivity index (χ0n) is 10.0. The Hall–Kier alpha value is -0.340. The SMILES string of the molecule is NC(CCc1cccs1)CCC1CCCC1. The lowest BCUT2D eigenvalue weighted by molar-refractivity contribution is 0.438. The van der Waals surface area contributed by atoms with Crippen LogP contribution in [0.3, 0.4) is 0 Å². The van der Waals surface area contributed by atoms with Gasteiger partial charge in [0, 0.05) is 10.9 Å². The van der Waals surface area contributed by atoms with Gasteiger partial charge in [-0.1, -0.05) is 31.7 Å². The van der Waals surface area contributed by atoms with E-state index < -0.39 is 0 Å². The number of nitrogens with two attached hydrogens (primary N) is 1. The van der Waals surface area contributed by atoms with E-state index in [2.05, 4.69) is 17.5 Å². The molecular formula is C14H23NS. The number of hydrogen-bond donors (Lipinski definition) is 1. The molecule has 1 nitrogen and oxygen atoms in total. The fourth-order valence-electron chi connectivity index (χ4n) is 2.68. The third-order valence-corrected chi connectivity index (χ3v) is 4.70. The van der Waals surface area contributed by atoms with Crippen LogP contribution in [0.25, 0.3) is 0 Å². The summed E-state index contributed by atoms with van der Waals surface area (Å²) in [5.41, 5.74) is 6.17. The Morgan fingerprint density at radius 1 is 1.31 bits per heavy atom. The van der Waals surface area contributed by atoms with Crippen LogP contribution in [-0.2, 0) is 6.42 Å². The fraction of sp³-hybridized carbons (Fsp3) is 0.714. The zero-order chi connectivity index (χ0) is 11.2. The maximum absolute atomic E-state index is 6.17. The average Bonchev–Trinajstić information content (AvgIpc) is 2.96. The molecule has 1 heterocycles. The molecule has 1 aromatic rings. The van der Waals surface area contributed by atoms with E-state index in [0.717, 1.165) is 12.3 Å². The molecule has 2 N–H and O–H groups in total. The predicted molar refractivity (Wildman–Crippen MR) is 71.8 cm³/mol. The molecule has 90 valence electrons. The summed E-state index contributed by atoms with van der Waals surface area (Å²) < 4.78 is 0. The molecule has 1 saturated carbocycles. The lowest BCUT2D eigenvalue weighted by Crippen LogP contribution is -2.21. The average molecular weight is 237 g/mol. The second-order valence-electron chi connectivity index (χ2n) is 5.11. The van der Waals surface area contributed by atoms with Gasteiger partial charge >= 0.3 is 0 Å². The lowest BCUT2D eigenvalue weighted by Gasteiger charge is -2.14. The van der Waals surface area contributed by atoms with Crippen molar-refractivity contribution in [1.82, 2.24) is 0 Å². The van der Waals surface area contributed by atoms with Gasteiger partial charge in [0.15, 0.2) is 0 Å². The minimum Gasteiger partial charge on any atom is -0.328 e. The van der Waals surface area contributed by atoms with Gasteiger partial charge in [0.05, 0.1) is 0 Å². The Bertz CT molecular complexity index is 275. The summed E-state index contributed by atoms with van der Waals surface area (Å²) in [4.78, 5) is 1.48. The maximum atomic E-state index is 6.17. The molecule has 1 aliphatic rings. The van der Waals surface area contributed by atoms with Crippen LogP contribution in [0.2, 0.25) is 0 Å². The first-order chi connectivity index (χ1) is 7.84. The lowest BCUT2D eigenvalue weighted by atomic mass is 9.97. The van der Waals surface area contributed by atoms with Crippen LogP contribution < -0.4 is 5.73 Å². The van der Waals surface area contributed by atoms with E-state index in [4.69, 9.17) is 5.73 Å². The monoisotopic (exact) mass is 237 g/mol. The molecule has 0 spiro atoms. The van der Waals surface area contributed by atoms with E-state index in [0.29, 0.717) is 6.04 Å². The number of thiophene rings is 1. The molecule has 2 rings (SSSR count). The maximum Gasteiger partial charge on any atom is 0.00458 e. The third-order valence-electron chi connectivity index (χ3n) is 3.76. The van der Waals surface area contributed by atoms with Crippen molar-refractivity contribution in [2.45, 2.75) is 57.4 Å². The van der Waals surface area contributed by atoms with Gasteiger partial charge in [0.25, 0.3) is 0 Å². The molecule has 0 aliphatic heterocycles. The van der Waals surface area contributed by atoms with Gasteiger partial charge in [-0.25, -0.2) is 0 Å². The summed E-state index contributed by atoms with van der Waals surface area (Å²) in [6.07, 6.45) is 10.7. The molecule has 1 aliphatic carbocycles. The highest BCUT2D eigenvalue weighted by Gasteiger charge is 2.15. The van der Waals surface area contributed by atoms with Crippen molar-refractivity contribution >= 4 is 11.3 Å². The molecule has 1 unspecified atom stereocenters. The summed E-state index contributed by atoms with van der Waals surface area (Å²) in [6.45, 7) is 0. The van der Waals surface area contributed by atoms with Crippen molar-refractivity contribution in [3.8, 4) is 0 Å². The Morgan fingerprint density at radius 2 is 2.12 bits per heavy atom. The molecule has 0 bridgehead atoms. The normalized spacial score (nSPS) is 19.1. The summed E-state index contributed by atoms with van der Waals surface area (Å²) in [7, 11) is 0. The molecule has 16 heavy (non-hydrogen) atoms. The zero-order valence-corrected chi connectivity index (χ0v) is 10.8. The molecule has 0 radical (unpaired) electrons. The molecule has 1 aromatic heterocycles. The molecule has 0 aromatic carbocycles. The van der Waals surface area contributed by atoms with Gasteiger partial charge in [0.2, 0.25) is 0 Å². The van der Waals surface area contributed by atoms with Gasteiger partial charge in [-0.05, 0) is 43.0 Å². The summed E-state index contributed by atoms with van der Waals surface area (Å²) in [6, 6.07) is 4.76. The molecule has 1 atom stereocenters. The highest BCUT2D eigenvalue weighted by Crippen LogP contribution is 2.29. The number of hydrogen-bond acceptors (Lipinski definition) is 2. The van der Waals surface area contributed by atoms with Crippen molar-refractivity contribution in [3.63, 3.8) is 0 Å². The summed E-state index contributed by atoms with van der Waals surface area (Å²) in [5.74, 6) is 0.993. The first kappa shape index (κ1) is 12.1. The smallest absolute Gasteiger partial charge is 0.00458 e. The Labute approximate surface area is 103 Å². The van der Waals surface area contributed by atoms with Gasteiger partial charge in [-0.2, -0.15) is 0 Å². The Kier molecular flexibility index (Phi) is 4.86. The van der Waals surface area contributed by atoms with Crippen molar-refractivity contribution < 1.29 is 0 Å². The van der Waals surface area contributed by atoms with Gasteiger partial charge in [-0.3, -0.25) is 0 Å². The van der Waals surface area contributed by atoms with Crippen LogP contribution >= 0.6 is 11.3 Å². The quantitative estimate of drug-likeness (QED) is 0.795. The van der Waals surface area contributed by atoms with Crippen LogP contribution in [0.4, 0.5) is 0 Å². The summed E-state index contributed by atoms with van der Waals surface area (Å²) >= 11 is 1.85. The van der Waals surface area contributed by atoms with Gasteiger partial charge in [-0.15, -0.1) is 11.3 Å². The molecule has 2 heteroatoms. The standard InChI is InChI=1S/C14H23NS/c15-13(8-7-12-4-1-2-5-12)9-10-14-6-3-11-16-14/h3,6,11-13H,1-2,4-5,7-10,15H2. The van der Waals surface area contributed by atoms with Crippen LogP contribution in [0.5, 0.6) is 0 Å². The predicted octanol–water partition coefficient (Wildman–Crippen LogP) is 3.98. The Balaban J connectivity index is 1.58. The van der Waals surface area contributed by atoms with Crippen molar-refractivity contribution in [3.05, 3.63) is 22.4 Å². The third kappa shape index (κ3) is 3.91. The first-order valence-corrected chi connectivity index (χ1v) is 7.50. The minimum atomic E-state index is 0.419. The van der Waals surface area contributed by atoms with Crippen molar-refractivity contribution in [1.29, 1.82) is 0 Å². The van der Waals surface area contributed by atoms with E-state index in [1.54, 1.807) is 0 Å². The topological polar surface area (TPSA) is 26.0 Å². The van der Waals surface area contributed by atoms with Gasteiger partial charge < -0.3 is 5.73 Å². The van der Waals surface area contributed by atoms with E-state index in [9.17, 15) is 0 Å². The van der Waals surface area contributed by atoms with Crippen molar-refractivity contribution in [2.75, 3.05) is 0 Å². The number of rotatable bonds is 6. The second-order valence-corrected chi connectivity index (χ2v) is 6.14. The second kappa shape index (κ2) is 6.41. The fourth-order valence-corrected chi connectivity index (χ4v) is 3.40. The van der Waals surface area contributed by atoms with Crippen LogP contribution in [0.15, 0.2) is 17.5 Å². The largest absolute Gasteiger partial charge is 0.328 e. The molecule has 0 saturated heterocycles. The van der Waals surface area contributed by atoms with E-state index >= 15 is 0 Å². The van der Waals surface area contributed by atoms with Crippen LogP contribution in [0.1, 0.15) is 49.8 Å². The molecular weight excluding hydrogens is 214 g/mol. The number of aryl methyl sites for hydroxylation is 1. The Morgan fingerprint density at radius 3 is 2.81 bits per heavy atom. The van der Waals surface area contributed by atoms with E-state index in [1.807, 2.05) is 11.3 Å². The molecule has 0 amide bonds. The van der Waals surface area contributed by atoms with Crippen molar-refractivity contribution in [2.24, 2.45) is 11.7 Å². The van der Waals surface area contributed by atoms with E-state index in [-0.39, 0.29) is 0 Å². The minimum absolute atomic E-state index is 0.419. The summed E-state index contributed by atoms with van der Waals surface area (Å²) in [5, 5.41) is 2.15. The van der Waals surface area contributed by atoms with E-state index in [1.165, 1.54) is 49.8 Å².